The van der Waals surface area contributed by atoms with Crippen molar-refractivity contribution in [2.45, 2.75) is 44.6 Å². The summed E-state index contributed by atoms with van der Waals surface area (Å²) in [5.74, 6) is 0.455. The molecule has 1 aliphatic carbocycles. The Hall–Kier alpha value is -1.70. The van der Waals surface area contributed by atoms with Crippen LogP contribution in [-0.2, 0) is 0 Å². The van der Waals surface area contributed by atoms with E-state index in [0.29, 0.717) is 23.9 Å². The molecule has 1 saturated carbocycles. The van der Waals surface area contributed by atoms with Gasteiger partial charge in [0.05, 0.1) is 17.5 Å². The molecule has 126 valence electrons. The minimum atomic E-state index is -0.813. The van der Waals surface area contributed by atoms with E-state index in [0.717, 1.165) is 11.9 Å². The first-order valence-electron chi connectivity index (χ1n) is 8.03. The van der Waals surface area contributed by atoms with Crippen LogP contribution in [0.2, 0.25) is 0 Å². The monoisotopic (exact) mass is 319 g/mol. The topological polar surface area (TPSA) is 100 Å². The molecule has 0 aliphatic heterocycles. The van der Waals surface area contributed by atoms with Crippen molar-refractivity contribution in [3.05, 3.63) is 18.6 Å². The standard InChI is InChI=1S/C16H25N5O2/c1-9(2)20(3)7-10-6-12(14(23)13(10)22)21-5-4-11-15(17)18-8-19-16(11)21/h4-5,8-10,12-14,22-23H,6-7H2,1-3H3,(H2,17,18,19)/t10-,12-,13-,14+/m1/s1. The first-order chi connectivity index (χ1) is 10.9. The summed E-state index contributed by atoms with van der Waals surface area (Å²) in [6, 6.07) is 2.05. The van der Waals surface area contributed by atoms with Crippen molar-refractivity contribution in [3.8, 4) is 0 Å². The largest absolute Gasteiger partial charge is 0.390 e. The summed E-state index contributed by atoms with van der Waals surface area (Å²) >= 11 is 0. The Morgan fingerprint density at radius 3 is 2.78 bits per heavy atom. The normalized spacial score (nSPS) is 28.3. The minimum Gasteiger partial charge on any atom is -0.390 e. The zero-order chi connectivity index (χ0) is 16.7. The molecule has 2 heterocycles. The summed E-state index contributed by atoms with van der Waals surface area (Å²) < 4.78 is 1.91. The predicted octanol–water partition coefficient (Wildman–Crippen LogP) is 0.636. The van der Waals surface area contributed by atoms with Gasteiger partial charge in [-0.25, -0.2) is 9.97 Å². The van der Waals surface area contributed by atoms with Crippen molar-refractivity contribution in [2.24, 2.45) is 5.92 Å². The summed E-state index contributed by atoms with van der Waals surface area (Å²) in [5, 5.41) is 21.7. The molecule has 0 radical (unpaired) electrons. The molecule has 0 aromatic carbocycles. The predicted molar refractivity (Wildman–Crippen MR) is 88.9 cm³/mol. The van der Waals surface area contributed by atoms with Crippen molar-refractivity contribution in [1.82, 2.24) is 19.4 Å². The molecule has 7 nitrogen and oxygen atoms in total. The molecule has 1 aliphatic rings. The highest BCUT2D eigenvalue weighted by molar-refractivity contribution is 5.86. The lowest BCUT2D eigenvalue weighted by atomic mass is 10.0. The van der Waals surface area contributed by atoms with Gasteiger partial charge in [0.15, 0.2) is 0 Å². The fraction of sp³-hybridized carbons (Fsp3) is 0.625. The number of rotatable bonds is 4. The molecule has 2 aromatic rings. The molecule has 0 bridgehead atoms. The van der Waals surface area contributed by atoms with Crippen LogP contribution in [0, 0.1) is 5.92 Å². The van der Waals surface area contributed by atoms with Crippen molar-refractivity contribution < 1.29 is 10.2 Å². The number of hydrogen-bond donors (Lipinski definition) is 3. The van der Waals surface area contributed by atoms with Crippen LogP contribution in [0.5, 0.6) is 0 Å². The van der Waals surface area contributed by atoms with Crippen molar-refractivity contribution in [3.63, 3.8) is 0 Å². The summed E-state index contributed by atoms with van der Waals surface area (Å²) in [6.07, 6.45) is 2.44. The van der Waals surface area contributed by atoms with Gasteiger partial charge in [0, 0.05) is 24.7 Å². The summed E-state index contributed by atoms with van der Waals surface area (Å²) in [7, 11) is 2.04. The van der Waals surface area contributed by atoms with E-state index in [4.69, 9.17) is 5.73 Å². The number of hydrogen-bond acceptors (Lipinski definition) is 6. The first-order valence-corrected chi connectivity index (χ1v) is 8.03. The van der Waals surface area contributed by atoms with E-state index in [2.05, 4.69) is 28.7 Å². The molecule has 4 N–H and O–H groups in total. The lowest BCUT2D eigenvalue weighted by Crippen LogP contribution is -2.37. The Kier molecular flexibility index (Phi) is 4.27. The highest BCUT2D eigenvalue weighted by Gasteiger charge is 2.43. The lowest BCUT2D eigenvalue weighted by Gasteiger charge is -2.26. The van der Waals surface area contributed by atoms with E-state index in [1.807, 2.05) is 23.9 Å². The molecule has 0 spiro atoms. The molecule has 1 fully saturated rings. The van der Waals surface area contributed by atoms with Gasteiger partial charge in [-0.2, -0.15) is 0 Å². The Labute approximate surface area is 135 Å². The SMILES string of the molecule is CC(C)N(C)C[C@H]1C[C@@H](n2ccc3c(N)ncnc32)[C@H](O)[C@@H]1O. The Morgan fingerprint density at radius 2 is 2.09 bits per heavy atom. The van der Waals surface area contributed by atoms with Crippen LogP contribution in [0.1, 0.15) is 26.3 Å². The van der Waals surface area contributed by atoms with Crippen molar-refractivity contribution >= 4 is 16.9 Å². The summed E-state index contributed by atoms with van der Waals surface area (Å²) in [6.45, 7) is 4.99. The van der Waals surface area contributed by atoms with E-state index in [1.54, 1.807) is 0 Å². The van der Waals surface area contributed by atoms with Gasteiger partial charge >= 0.3 is 0 Å². The first kappa shape index (κ1) is 16.2. The van der Waals surface area contributed by atoms with Crippen molar-refractivity contribution in [1.29, 1.82) is 0 Å². The van der Waals surface area contributed by atoms with Gasteiger partial charge < -0.3 is 25.4 Å². The number of aliphatic hydroxyl groups excluding tert-OH is 2. The van der Waals surface area contributed by atoms with E-state index in [-0.39, 0.29) is 12.0 Å². The van der Waals surface area contributed by atoms with Crippen LogP contribution in [0.25, 0.3) is 11.0 Å². The third-order valence-corrected chi connectivity index (χ3v) is 5.07. The van der Waals surface area contributed by atoms with E-state index < -0.39 is 12.2 Å². The molecule has 0 amide bonds. The van der Waals surface area contributed by atoms with Crippen LogP contribution >= 0.6 is 0 Å². The number of anilines is 1. The Bertz CT molecular complexity index is 686. The van der Waals surface area contributed by atoms with E-state index in [9.17, 15) is 10.2 Å². The minimum absolute atomic E-state index is 0.0269. The smallest absolute Gasteiger partial charge is 0.145 e. The average molecular weight is 319 g/mol. The maximum atomic E-state index is 10.5. The number of nitrogens with zero attached hydrogens (tertiary/aromatic N) is 4. The highest BCUT2D eigenvalue weighted by Crippen LogP contribution is 2.38. The highest BCUT2D eigenvalue weighted by atomic mass is 16.3. The van der Waals surface area contributed by atoms with Gasteiger partial charge in [0.1, 0.15) is 23.9 Å². The second-order valence-corrected chi connectivity index (χ2v) is 6.80. The summed E-state index contributed by atoms with van der Waals surface area (Å²) in [4.78, 5) is 10.5. The molecule has 2 aromatic heterocycles. The van der Waals surface area contributed by atoms with Gasteiger partial charge in [0.25, 0.3) is 0 Å². The Morgan fingerprint density at radius 1 is 1.35 bits per heavy atom. The molecule has 0 saturated heterocycles. The number of nitrogen functional groups attached to an aromatic ring is 1. The fourth-order valence-corrected chi connectivity index (χ4v) is 3.39. The molecular weight excluding hydrogens is 294 g/mol. The fourth-order valence-electron chi connectivity index (χ4n) is 3.39. The molecule has 23 heavy (non-hydrogen) atoms. The van der Waals surface area contributed by atoms with Gasteiger partial charge in [0.2, 0.25) is 0 Å². The third-order valence-electron chi connectivity index (χ3n) is 5.07. The van der Waals surface area contributed by atoms with Gasteiger partial charge in [-0.05, 0) is 33.4 Å². The van der Waals surface area contributed by atoms with E-state index >= 15 is 0 Å². The maximum absolute atomic E-state index is 10.5. The number of aromatic nitrogens is 3. The second-order valence-electron chi connectivity index (χ2n) is 6.80. The van der Waals surface area contributed by atoms with Gasteiger partial charge in [-0.1, -0.05) is 0 Å². The number of aliphatic hydroxyl groups is 2. The molecular formula is C16H25N5O2. The van der Waals surface area contributed by atoms with Crippen LogP contribution < -0.4 is 5.73 Å². The third kappa shape index (κ3) is 2.80. The molecule has 4 atom stereocenters. The summed E-state index contributed by atoms with van der Waals surface area (Å²) in [5.41, 5.74) is 6.57. The Balaban J connectivity index is 1.87. The molecule has 0 unspecified atom stereocenters. The quantitative estimate of drug-likeness (QED) is 0.764. The van der Waals surface area contributed by atoms with Gasteiger partial charge in [-0.3, -0.25) is 0 Å². The van der Waals surface area contributed by atoms with Gasteiger partial charge in [-0.15, -0.1) is 0 Å². The molecule has 7 heteroatoms. The van der Waals surface area contributed by atoms with Crippen LogP contribution in [0.3, 0.4) is 0 Å². The van der Waals surface area contributed by atoms with Crippen LogP contribution in [0.4, 0.5) is 5.82 Å². The second kappa shape index (κ2) is 6.07. The zero-order valence-electron chi connectivity index (χ0n) is 13.8. The number of nitrogens with two attached hydrogens (primary N) is 1. The average Bonchev–Trinajstić information content (AvgIpc) is 3.05. The van der Waals surface area contributed by atoms with Crippen LogP contribution in [0.15, 0.2) is 18.6 Å². The van der Waals surface area contributed by atoms with E-state index in [1.165, 1.54) is 6.33 Å². The maximum Gasteiger partial charge on any atom is 0.145 e. The molecule has 3 rings (SSSR count). The zero-order valence-corrected chi connectivity index (χ0v) is 13.8. The van der Waals surface area contributed by atoms with Crippen LogP contribution in [-0.4, -0.2) is 61.5 Å². The number of fused-ring (bicyclic) bond motifs is 1. The lowest BCUT2D eigenvalue weighted by molar-refractivity contribution is 0.000281. The van der Waals surface area contributed by atoms with Crippen molar-refractivity contribution in [2.75, 3.05) is 19.3 Å².